The molecule has 1 fully saturated rings. The maximum Gasteiger partial charge on any atom is 0.191 e. The lowest BCUT2D eigenvalue weighted by Gasteiger charge is -2.12. The number of guanidine groups is 1. The minimum Gasteiger partial charge on any atom is -0.356 e. The van der Waals surface area contributed by atoms with Crippen LogP contribution in [-0.4, -0.2) is 25.6 Å². The van der Waals surface area contributed by atoms with Gasteiger partial charge in [0.05, 0.1) is 0 Å². The quantitative estimate of drug-likeness (QED) is 0.630. The van der Waals surface area contributed by atoms with Crippen LogP contribution in [0.5, 0.6) is 0 Å². The number of aliphatic imine (C=N–C) groups is 1. The van der Waals surface area contributed by atoms with Gasteiger partial charge in [0.25, 0.3) is 0 Å². The van der Waals surface area contributed by atoms with Crippen molar-refractivity contribution in [1.82, 2.24) is 10.6 Å². The Hall–Kier alpha value is -1.51. The fourth-order valence-electron chi connectivity index (χ4n) is 2.27. The molecule has 2 unspecified atom stereocenters. The van der Waals surface area contributed by atoms with Gasteiger partial charge in [0.15, 0.2) is 5.96 Å². The highest BCUT2D eigenvalue weighted by molar-refractivity contribution is 5.80. The molecule has 0 amide bonds. The molecule has 0 spiro atoms. The van der Waals surface area contributed by atoms with Gasteiger partial charge in [-0.25, -0.2) is 0 Å². The Morgan fingerprint density at radius 2 is 2.05 bits per heavy atom. The van der Waals surface area contributed by atoms with Crippen molar-refractivity contribution in [3.63, 3.8) is 0 Å². The van der Waals surface area contributed by atoms with E-state index >= 15 is 0 Å². The number of hydrogen-bond donors (Lipinski definition) is 2. The summed E-state index contributed by atoms with van der Waals surface area (Å²) in [7, 11) is 1.84. The molecule has 2 atom stereocenters. The number of benzene rings is 1. The largest absolute Gasteiger partial charge is 0.356 e. The molecular formula is C16H25N3. The highest BCUT2D eigenvalue weighted by Crippen LogP contribution is 2.40. The number of nitrogens with zero attached hydrogens (tertiary/aromatic N) is 1. The van der Waals surface area contributed by atoms with Crippen molar-refractivity contribution < 1.29 is 0 Å². The molecule has 2 N–H and O–H groups in total. The highest BCUT2D eigenvalue weighted by Gasteiger charge is 2.38. The second-order valence-corrected chi connectivity index (χ2v) is 5.69. The lowest BCUT2D eigenvalue weighted by molar-refractivity contribution is 0.573. The number of nitrogens with one attached hydrogen (secondary N) is 2. The summed E-state index contributed by atoms with van der Waals surface area (Å²) in [5.74, 6) is 2.30. The molecule has 2 rings (SSSR count). The monoisotopic (exact) mass is 259 g/mol. The fraction of sp³-hybridized carbons (Fsp3) is 0.562. The van der Waals surface area contributed by atoms with E-state index in [-0.39, 0.29) is 0 Å². The predicted molar refractivity (Wildman–Crippen MR) is 81.5 cm³/mol. The zero-order chi connectivity index (χ0) is 13.7. The zero-order valence-corrected chi connectivity index (χ0v) is 12.2. The van der Waals surface area contributed by atoms with E-state index in [1.807, 2.05) is 7.05 Å². The summed E-state index contributed by atoms with van der Waals surface area (Å²) in [4.78, 5) is 4.29. The molecule has 104 valence electrons. The molecule has 1 saturated carbocycles. The minimum atomic E-state index is 0.535. The third-order valence-electron chi connectivity index (χ3n) is 3.58. The Kier molecular flexibility index (Phi) is 4.83. The third-order valence-corrected chi connectivity index (χ3v) is 3.58. The van der Waals surface area contributed by atoms with Crippen LogP contribution in [0.2, 0.25) is 0 Å². The fourth-order valence-corrected chi connectivity index (χ4v) is 2.27. The summed E-state index contributed by atoms with van der Waals surface area (Å²) in [6, 6.07) is 11.2. The van der Waals surface area contributed by atoms with Crippen molar-refractivity contribution in [3.8, 4) is 0 Å². The van der Waals surface area contributed by atoms with Crippen molar-refractivity contribution >= 4 is 5.96 Å². The average Bonchev–Trinajstić information content (AvgIpc) is 3.17. The van der Waals surface area contributed by atoms with Crippen LogP contribution in [0, 0.1) is 5.92 Å². The van der Waals surface area contributed by atoms with Gasteiger partial charge in [-0.2, -0.15) is 0 Å². The summed E-state index contributed by atoms with van der Waals surface area (Å²) in [6.45, 7) is 5.47. The second-order valence-electron chi connectivity index (χ2n) is 5.69. The molecule has 1 aliphatic rings. The van der Waals surface area contributed by atoms with Gasteiger partial charge in [0.2, 0.25) is 0 Å². The van der Waals surface area contributed by atoms with Gasteiger partial charge < -0.3 is 10.6 Å². The molecule has 0 bridgehead atoms. The van der Waals surface area contributed by atoms with Gasteiger partial charge in [-0.05, 0) is 24.3 Å². The first-order valence-corrected chi connectivity index (χ1v) is 7.23. The van der Waals surface area contributed by atoms with Gasteiger partial charge in [-0.1, -0.05) is 44.2 Å². The molecule has 0 aliphatic heterocycles. The first kappa shape index (κ1) is 13.9. The number of hydrogen-bond acceptors (Lipinski definition) is 1. The van der Waals surface area contributed by atoms with Crippen LogP contribution in [0.15, 0.2) is 35.3 Å². The highest BCUT2D eigenvalue weighted by atomic mass is 15.2. The van der Waals surface area contributed by atoms with Gasteiger partial charge >= 0.3 is 0 Å². The Morgan fingerprint density at radius 3 is 2.68 bits per heavy atom. The zero-order valence-electron chi connectivity index (χ0n) is 12.2. The SMILES string of the molecule is CN=C(NCCC(C)C)NC1CC1c1ccccc1. The molecule has 0 radical (unpaired) electrons. The summed E-state index contributed by atoms with van der Waals surface area (Å²) < 4.78 is 0. The molecule has 0 aromatic heterocycles. The Bertz CT molecular complexity index is 411. The molecular weight excluding hydrogens is 234 g/mol. The van der Waals surface area contributed by atoms with Crippen LogP contribution < -0.4 is 10.6 Å². The number of rotatable bonds is 5. The van der Waals surface area contributed by atoms with Gasteiger partial charge in [0.1, 0.15) is 0 Å². The smallest absolute Gasteiger partial charge is 0.191 e. The van der Waals surface area contributed by atoms with E-state index in [0.717, 1.165) is 18.4 Å². The molecule has 1 aromatic carbocycles. The third kappa shape index (κ3) is 4.27. The van der Waals surface area contributed by atoms with Crippen LogP contribution in [0.1, 0.15) is 38.2 Å². The average molecular weight is 259 g/mol. The van der Waals surface area contributed by atoms with Crippen LogP contribution in [0.4, 0.5) is 0 Å². The van der Waals surface area contributed by atoms with Crippen LogP contribution in [0.25, 0.3) is 0 Å². The van der Waals surface area contributed by atoms with Crippen molar-refractivity contribution in [3.05, 3.63) is 35.9 Å². The van der Waals surface area contributed by atoms with Crippen LogP contribution >= 0.6 is 0 Å². The van der Waals surface area contributed by atoms with Gasteiger partial charge in [-0.15, -0.1) is 0 Å². The van der Waals surface area contributed by atoms with Crippen molar-refractivity contribution in [1.29, 1.82) is 0 Å². The van der Waals surface area contributed by atoms with E-state index in [1.165, 1.54) is 18.4 Å². The molecule has 1 aromatic rings. The lowest BCUT2D eigenvalue weighted by atomic mass is 10.1. The molecule has 3 heteroatoms. The van der Waals surface area contributed by atoms with E-state index in [4.69, 9.17) is 0 Å². The van der Waals surface area contributed by atoms with E-state index in [2.05, 4.69) is 59.8 Å². The second kappa shape index (κ2) is 6.60. The molecule has 0 heterocycles. The lowest BCUT2D eigenvalue weighted by Crippen LogP contribution is -2.39. The van der Waals surface area contributed by atoms with E-state index < -0.39 is 0 Å². The summed E-state index contributed by atoms with van der Waals surface area (Å²) in [5, 5.41) is 6.88. The standard InChI is InChI=1S/C16H25N3/c1-12(2)9-10-18-16(17-3)19-15-11-14(15)13-7-5-4-6-8-13/h4-8,12,14-15H,9-11H2,1-3H3,(H2,17,18,19). The molecule has 0 saturated heterocycles. The Labute approximate surface area is 116 Å². The minimum absolute atomic E-state index is 0.535. The summed E-state index contributed by atoms with van der Waals surface area (Å²) >= 11 is 0. The van der Waals surface area contributed by atoms with Gasteiger partial charge in [-0.3, -0.25) is 4.99 Å². The first-order valence-electron chi connectivity index (χ1n) is 7.23. The summed E-state index contributed by atoms with van der Waals surface area (Å²) in [5.41, 5.74) is 1.43. The molecule has 3 nitrogen and oxygen atoms in total. The molecule has 1 aliphatic carbocycles. The van der Waals surface area contributed by atoms with Crippen molar-refractivity contribution in [2.24, 2.45) is 10.9 Å². The van der Waals surface area contributed by atoms with Crippen LogP contribution in [0.3, 0.4) is 0 Å². The molecule has 19 heavy (non-hydrogen) atoms. The maximum atomic E-state index is 4.29. The summed E-state index contributed by atoms with van der Waals surface area (Å²) in [6.07, 6.45) is 2.38. The van der Waals surface area contributed by atoms with Crippen LogP contribution in [-0.2, 0) is 0 Å². The van der Waals surface area contributed by atoms with E-state index in [1.54, 1.807) is 0 Å². The Balaban J connectivity index is 1.76. The van der Waals surface area contributed by atoms with E-state index in [0.29, 0.717) is 12.0 Å². The maximum absolute atomic E-state index is 4.29. The van der Waals surface area contributed by atoms with Crippen molar-refractivity contribution in [2.75, 3.05) is 13.6 Å². The predicted octanol–water partition coefficient (Wildman–Crippen LogP) is 2.75. The normalized spacial score (nSPS) is 22.4. The van der Waals surface area contributed by atoms with E-state index in [9.17, 15) is 0 Å². The first-order chi connectivity index (χ1) is 9.20. The Morgan fingerprint density at radius 1 is 1.32 bits per heavy atom. The van der Waals surface area contributed by atoms with Crippen molar-refractivity contribution in [2.45, 2.75) is 38.6 Å². The topological polar surface area (TPSA) is 36.4 Å². The van der Waals surface area contributed by atoms with Gasteiger partial charge in [0, 0.05) is 25.6 Å².